The van der Waals surface area contributed by atoms with Crippen molar-refractivity contribution in [3.63, 3.8) is 0 Å². The van der Waals surface area contributed by atoms with Crippen molar-refractivity contribution in [2.45, 2.75) is 0 Å². The summed E-state index contributed by atoms with van der Waals surface area (Å²) < 4.78 is 5.72. The van der Waals surface area contributed by atoms with E-state index in [1.807, 2.05) is 54.6 Å². The number of nitrogens with one attached hydrogen (secondary N) is 2. The second kappa shape index (κ2) is 8.22. The molecule has 0 fully saturated rings. The number of anilines is 2. The fraction of sp³-hybridized carbons (Fsp3) is 0.0500. The van der Waals surface area contributed by atoms with Crippen molar-refractivity contribution in [1.82, 2.24) is 0 Å². The van der Waals surface area contributed by atoms with Gasteiger partial charge in [0.05, 0.1) is 6.54 Å². The summed E-state index contributed by atoms with van der Waals surface area (Å²) in [5.74, 6) is 1.35. The lowest BCUT2D eigenvalue weighted by molar-refractivity contribution is -0.114. The predicted molar refractivity (Wildman–Crippen MR) is 102 cm³/mol. The Morgan fingerprint density at radius 3 is 2.08 bits per heavy atom. The van der Waals surface area contributed by atoms with E-state index in [1.54, 1.807) is 24.3 Å². The number of para-hydroxylation sites is 1. The summed E-state index contributed by atoms with van der Waals surface area (Å²) in [4.78, 5) is 12.0. The Hall–Kier alpha value is -2.98. The molecule has 0 aromatic heterocycles. The predicted octanol–water partition coefficient (Wildman–Crippen LogP) is 5.18. The van der Waals surface area contributed by atoms with Gasteiger partial charge in [-0.3, -0.25) is 4.79 Å². The number of hydrogen-bond acceptors (Lipinski definition) is 3. The molecule has 0 spiro atoms. The van der Waals surface area contributed by atoms with E-state index >= 15 is 0 Å². The molecule has 0 unspecified atom stereocenters. The zero-order valence-electron chi connectivity index (χ0n) is 13.4. The van der Waals surface area contributed by atoms with Crippen molar-refractivity contribution in [3.8, 4) is 11.5 Å². The maximum absolute atomic E-state index is 12.0. The van der Waals surface area contributed by atoms with E-state index in [1.165, 1.54) is 0 Å². The third-order valence-corrected chi connectivity index (χ3v) is 3.67. The zero-order chi connectivity index (χ0) is 17.5. The van der Waals surface area contributed by atoms with Crippen molar-refractivity contribution in [2.75, 3.05) is 17.2 Å². The lowest BCUT2D eigenvalue weighted by Gasteiger charge is -2.09. The van der Waals surface area contributed by atoms with Gasteiger partial charge in [-0.25, -0.2) is 0 Å². The Balaban J connectivity index is 1.50. The highest BCUT2D eigenvalue weighted by atomic mass is 35.5. The largest absolute Gasteiger partial charge is 0.457 e. The Morgan fingerprint density at radius 1 is 0.800 bits per heavy atom. The first-order chi connectivity index (χ1) is 12.2. The van der Waals surface area contributed by atoms with Crippen molar-refractivity contribution in [3.05, 3.63) is 83.9 Å². The molecule has 0 aliphatic rings. The van der Waals surface area contributed by atoms with E-state index in [4.69, 9.17) is 16.3 Å². The van der Waals surface area contributed by atoms with Gasteiger partial charge in [0.2, 0.25) is 5.91 Å². The van der Waals surface area contributed by atoms with Crippen LogP contribution in [0.4, 0.5) is 11.4 Å². The Bertz CT molecular complexity index is 819. The Morgan fingerprint density at radius 2 is 1.40 bits per heavy atom. The number of hydrogen-bond donors (Lipinski definition) is 2. The Kier molecular flexibility index (Phi) is 5.54. The summed E-state index contributed by atoms with van der Waals surface area (Å²) >= 11 is 5.83. The lowest BCUT2D eigenvalue weighted by Crippen LogP contribution is -2.21. The highest BCUT2D eigenvalue weighted by Gasteiger charge is 2.03. The SMILES string of the molecule is O=C(CNc1ccc(Cl)cc1)Nc1ccc(Oc2ccccc2)cc1. The molecule has 0 heterocycles. The van der Waals surface area contributed by atoms with Crippen LogP contribution in [0.2, 0.25) is 5.02 Å². The van der Waals surface area contributed by atoms with Gasteiger partial charge in [-0.15, -0.1) is 0 Å². The second-order valence-electron chi connectivity index (χ2n) is 5.35. The van der Waals surface area contributed by atoms with Crippen LogP contribution in [0.15, 0.2) is 78.9 Å². The van der Waals surface area contributed by atoms with Gasteiger partial charge < -0.3 is 15.4 Å². The summed E-state index contributed by atoms with van der Waals surface area (Å²) in [6, 6.07) is 24.0. The van der Waals surface area contributed by atoms with Gasteiger partial charge in [-0.1, -0.05) is 29.8 Å². The lowest BCUT2D eigenvalue weighted by atomic mass is 10.3. The van der Waals surface area contributed by atoms with Crippen LogP contribution < -0.4 is 15.4 Å². The first-order valence-electron chi connectivity index (χ1n) is 7.81. The van der Waals surface area contributed by atoms with Gasteiger partial charge in [0.1, 0.15) is 11.5 Å². The number of rotatable bonds is 6. The maximum Gasteiger partial charge on any atom is 0.243 e. The molecule has 0 saturated heterocycles. The first-order valence-corrected chi connectivity index (χ1v) is 8.19. The van der Waals surface area contributed by atoms with Gasteiger partial charge in [0.15, 0.2) is 0 Å². The zero-order valence-corrected chi connectivity index (χ0v) is 14.2. The number of carbonyl (C=O) groups excluding carboxylic acids is 1. The maximum atomic E-state index is 12.0. The van der Waals surface area contributed by atoms with Gasteiger partial charge in [-0.05, 0) is 60.7 Å². The third-order valence-electron chi connectivity index (χ3n) is 3.41. The van der Waals surface area contributed by atoms with Crippen LogP contribution in [0.5, 0.6) is 11.5 Å². The standard InChI is InChI=1S/C20H17ClN2O2/c21-15-6-8-16(9-7-15)22-14-20(24)23-17-10-12-19(13-11-17)25-18-4-2-1-3-5-18/h1-13,22H,14H2,(H,23,24). The van der Waals surface area contributed by atoms with Crippen LogP contribution in [-0.2, 0) is 4.79 Å². The fourth-order valence-corrected chi connectivity index (χ4v) is 2.31. The number of ether oxygens (including phenoxy) is 1. The molecule has 0 saturated carbocycles. The first kappa shape index (κ1) is 16.9. The molecule has 3 aromatic carbocycles. The average molecular weight is 353 g/mol. The molecule has 25 heavy (non-hydrogen) atoms. The molecule has 4 nitrogen and oxygen atoms in total. The molecule has 0 aliphatic carbocycles. The number of amides is 1. The highest BCUT2D eigenvalue weighted by Crippen LogP contribution is 2.22. The molecule has 1 amide bonds. The van der Waals surface area contributed by atoms with E-state index < -0.39 is 0 Å². The minimum atomic E-state index is -0.133. The molecule has 0 atom stereocenters. The summed E-state index contributed by atoms with van der Waals surface area (Å²) in [5, 5.41) is 6.53. The van der Waals surface area contributed by atoms with E-state index in [-0.39, 0.29) is 12.5 Å². The summed E-state index contributed by atoms with van der Waals surface area (Å²) in [6.07, 6.45) is 0. The van der Waals surface area contributed by atoms with Crippen molar-refractivity contribution in [2.24, 2.45) is 0 Å². The number of carbonyl (C=O) groups is 1. The molecule has 0 radical (unpaired) electrons. The van der Waals surface area contributed by atoms with Crippen molar-refractivity contribution >= 4 is 28.9 Å². The molecular weight excluding hydrogens is 336 g/mol. The van der Waals surface area contributed by atoms with Crippen LogP contribution in [0.1, 0.15) is 0 Å². The van der Waals surface area contributed by atoms with E-state index in [2.05, 4.69) is 10.6 Å². The van der Waals surface area contributed by atoms with Gasteiger partial charge in [0.25, 0.3) is 0 Å². The van der Waals surface area contributed by atoms with E-state index in [0.29, 0.717) is 16.5 Å². The summed E-state index contributed by atoms with van der Waals surface area (Å²) in [6.45, 7) is 0.171. The number of benzene rings is 3. The molecule has 5 heteroatoms. The quantitative estimate of drug-likeness (QED) is 0.642. The summed E-state index contributed by atoms with van der Waals surface area (Å²) in [7, 11) is 0. The average Bonchev–Trinajstić information content (AvgIpc) is 2.64. The molecule has 2 N–H and O–H groups in total. The van der Waals surface area contributed by atoms with Gasteiger partial charge >= 0.3 is 0 Å². The van der Waals surface area contributed by atoms with Crippen LogP contribution >= 0.6 is 11.6 Å². The minimum absolute atomic E-state index is 0.133. The molecule has 0 aliphatic heterocycles. The normalized spacial score (nSPS) is 10.1. The highest BCUT2D eigenvalue weighted by molar-refractivity contribution is 6.30. The molecule has 0 bridgehead atoms. The molecule has 3 aromatic rings. The van der Waals surface area contributed by atoms with E-state index in [9.17, 15) is 4.79 Å². The third kappa shape index (κ3) is 5.26. The van der Waals surface area contributed by atoms with Crippen LogP contribution in [0.25, 0.3) is 0 Å². The van der Waals surface area contributed by atoms with Crippen LogP contribution in [0, 0.1) is 0 Å². The topological polar surface area (TPSA) is 50.4 Å². The minimum Gasteiger partial charge on any atom is -0.457 e. The molecule has 126 valence electrons. The molecular formula is C20H17ClN2O2. The van der Waals surface area contributed by atoms with Crippen LogP contribution in [0.3, 0.4) is 0 Å². The van der Waals surface area contributed by atoms with Crippen LogP contribution in [-0.4, -0.2) is 12.5 Å². The van der Waals surface area contributed by atoms with Gasteiger partial charge in [-0.2, -0.15) is 0 Å². The van der Waals surface area contributed by atoms with Crippen molar-refractivity contribution < 1.29 is 9.53 Å². The van der Waals surface area contributed by atoms with Gasteiger partial charge in [0, 0.05) is 16.4 Å². The summed E-state index contributed by atoms with van der Waals surface area (Å²) in [5.41, 5.74) is 1.55. The smallest absolute Gasteiger partial charge is 0.243 e. The second-order valence-corrected chi connectivity index (χ2v) is 5.78. The van der Waals surface area contributed by atoms with E-state index in [0.717, 1.165) is 11.4 Å². The fourth-order valence-electron chi connectivity index (χ4n) is 2.19. The van der Waals surface area contributed by atoms with Crippen molar-refractivity contribution in [1.29, 1.82) is 0 Å². The number of halogens is 1. The molecule has 3 rings (SSSR count). The monoisotopic (exact) mass is 352 g/mol. The Labute approximate surface area is 151 Å².